The first-order valence-corrected chi connectivity index (χ1v) is 5.51. The van der Waals surface area contributed by atoms with Gasteiger partial charge in [-0.2, -0.15) is 0 Å². The van der Waals surface area contributed by atoms with E-state index < -0.39 is 0 Å². The summed E-state index contributed by atoms with van der Waals surface area (Å²) in [6.07, 6.45) is 1.94. The SMILES string of the molecule is CC.Cc1ccc2ncc(C)c(C)c2c1. The average molecular weight is 201 g/mol. The van der Waals surface area contributed by atoms with E-state index in [4.69, 9.17) is 0 Å². The maximum Gasteiger partial charge on any atom is 0.0705 e. The molecule has 2 rings (SSSR count). The second-order valence-corrected chi connectivity index (χ2v) is 3.59. The van der Waals surface area contributed by atoms with Crippen molar-refractivity contribution in [2.45, 2.75) is 34.6 Å². The van der Waals surface area contributed by atoms with Crippen molar-refractivity contribution in [3.63, 3.8) is 0 Å². The van der Waals surface area contributed by atoms with Crippen molar-refractivity contribution >= 4 is 10.9 Å². The molecule has 0 saturated heterocycles. The minimum atomic E-state index is 1.09. The summed E-state index contributed by atoms with van der Waals surface area (Å²) in [4.78, 5) is 4.38. The van der Waals surface area contributed by atoms with Gasteiger partial charge in [0.1, 0.15) is 0 Å². The van der Waals surface area contributed by atoms with Crippen molar-refractivity contribution in [3.05, 3.63) is 41.1 Å². The first-order valence-electron chi connectivity index (χ1n) is 5.51. The van der Waals surface area contributed by atoms with Crippen LogP contribution in [0, 0.1) is 20.8 Å². The Morgan fingerprint density at radius 2 is 1.67 bits per heavy atom. The highest BCUT2D eigenvalue weighted by Gasteiger charge is 2.00. The number of hydrogen-bond donors (Lipinski definition) is 0. The molecule has 0 aliphatic heterocycles. The molecule has 0 bridgehead atoms. The van der Waals surface area contributed by atoms with Crippen molar-refractivity contribution in [2.75, 3.05) is 0 Å². The van der Waals surface area contributed by atoms with Gasteiger partial charge in [0.05, 0.1) is 5.52 Å². The van der Waals surface area contributed by atoms with Gasteiger partial charge in [0.2, 0.25) is 0 Å². The first-order chi connectivity index (χ1) is 7.18. The summed E-state index contributed by atoms with van der Waals surface area (Å²) in [6.45, 7) is 10.4. The Morgan fingerprint density at radius 1 is 1.00 bits per heavy atom. The number of benzene rings is 1. The van der Waals surface area contributed by atoms with Crippen molar-refractivity contribution < 1.29 is 0 Å². The van der Waals surface area contributed by atoms with Gasteiger partial charge in [0.25, 0.3) is 0 Å². The number of pyridine rings is 1. The van der Waals surface area contributed by atoms with Crippen LogP contribution in [-0.2, 0) is 0 Å². The third kappa shape index (κ3) is 2.35. The zero-order valence-electron chi connectivity index (χ0n) is 10.3. The smallest absolute Gasteiger partial charge is 0.0705 e. The molecule has 0 fully saturated rings. The van der Waals surface area contributed by atoms with E-state index in [1.165, 1.54) is 22.1 Å². The Labute approximate surface area is 92.2 Å². The van der Waals surface area contributed by atoms with Crippen molar-refractivity contribution in [1.29, 1.82) is 0 Å². The largest absolute Gasteiger partial charge is 0.256 e. The molecule has 1 aromatic heterocycles. The second-order valence-electron chi connectivity index (χ2n) is 3.59. The number of fused-ring (bicyclic) bond motifs is 1. The number of rotatable bonds is 0. The van der Waals surface area contributed by atoms with E-state index in [0.29, 0.717) is 0 Å². The maximum absolute atomic E-state index is 4.38. The molecule has 0 spiro atoms. The van der Waals surface area contributed by atoms with Crippen LogP contribution in [0.4, 0.5) is 0 Å². The van der Waals surface area contributed by atoms with Crippen LogP contribution in [-0.4, -0.2) is 4.98 Å². The normalized spacial score (nSPS) is 9.67. The van der Waals surface area contributed by atoms with Crippen LogP contribution < -0.4 is 0 Å². The van der Waals surface area contributed by atoms with Crippen molar-refractivity contribution in [1.82, 2.24) is 4.98 Å². The molecular formula is C14H19N. The maximum atomic E-state index is 4.38. The lowest BCUT2D eigenvalue weighted by Gasteiger charge is -2.05. The number of hydrogen-bond acceptors (Lipinski definition) is 1. The summed E-state index contributed by atoms with van der Waals surface area (Å²) >= 11 is 0. The molecule has 0 saturated carbocycles. The van der Waals surface area contributed by atoms with Gasteiger partial charge in [-0.3, -0.25) is 4.98 Å². The molecule has 1 nitrogen and oxygen atoms in total. The summed E-state index contributed by atoms with van der Waals surface area (Å²) in [5.74, 6) is 0. The topological polar surface area (TPSA) is 12.9 Å². The highest BCUT2D eigenvalue weighted by molar-refractivity contribution is 5.83. The Morgan fingerprint density at radius 3 is 2.33 bits per heavy atom. The van der Waals surface area contributed by atoms with Gasteiger partial charge in [-0.1, -0.05) is 25.5 Å². The van der Waals surface area contributed by atoms with Gasteiger partial charge in [0.15, 0.2) is 0 Å². The molecule has 80 valence electrons. The van der Waals surface area contributed by atoms with Gasteiger partial charge < -0.3 is 0 Å². The molecular weight excluding hydrogens is 182 g/mol. The highest BCUT2D eigenvalue weighted by atomic mass is 14.6. The van der Waals surface area contributed by atoms with E-state index in [2.05, 4.69) is 44.0 Å². The molecule has 0 radical (unpaired) electrons. The van der Waals surface area contributed by atoms with Crippen molar-refractivity contribution in [3.8, 4) is 0 Å². The zero-order chi connectivity index (χ0) is 11.4. The second kappa shape index (κ2) is 4.92. The molecule has 0 aliphatic carbocycles. The minimum absolute atomic E-state index is 1.09. The van der Waals surface area contributed by atoms with Crippen LogP contribution >= 0.6 is 0 Å². The van der Waals surface area contributed by atoms with E-state index in [1.807, 2.05) is 20.0 Å². The quantitative estimate of drug-likeness (QED) is 0.623. The fraction of sp³-hybridized carbons (Fsp3) is 0.357. The number of aryl methyl sites for hydroxylation is 3. The van der Waals surface area contributed by atoms with Gasteiger partial charge in [-0.15, -0.1) is 0 Å². The van der Waals surface area contributed by atoms with Gasteiger partial charge in [0, 0.05) is 11.6 Å². The minimum Gasteiger partial charge on any atom is -0.256 e. The number of nitrogens with zero attached hydrogens (tertiary/aromatic N) is 1. The lowest BCUT2D eigenvalue weighted by molar-refractivity contribution is 1.27. The summed E-state index contributed by atoms with van der Waals surface area (Å²) in [7, 11) is 0. The van der Waals surface area contributed by atoms with E-state index in [1.54, 1.807) is 0 Å². The van der Waals surface area contributed by atoms with Gasteiger partial charge in [-0.25, -0.2) is 0 Å². The molecule has 1 aromatic carbocycles. The van der Waals surface area contributed by atoms with Crippen LogP contribution in [0.5, 0.6) is 0 Å². The highest BCUT2D eigenvalue weighted by Crippen LogP contribution is 2.19. The van der Waals surface area contributed by atoms with Crippen LogP contribution in [0.2, 0.25) is 0 Å². The van der Waals surface area contributed by atoms with E-state index >= 15 is 0 Å². The third-order valence-corrected chi connectivity index (χ3v) is 2.54. The predicted octanol–water partition coefficient (Wildman–Crippen LogP) is 4.19. The van der Waals surface area contributed by atoms with Gasteiger partial charge >= 0.3 is 0 Å². The van der Waals surface area contributed by atoms with E-state index in [0.717, 1.165) is 5.52 Å². The Kier molecular flexibility index (Phi) is 3.84. The van der Waals surface area contributed by atoms with E-state index in [9.17, 15) is 0 Å². The van der Waals surface area contributed by atoms with Crippen LogP contribution in [0.15, 0.2) is 24.4 Å². The Hall–Kier alpha value is -1.37. The lowest BCUT2D eigenvalue weighted by atomic mass is 10.0. The molecule has 0 aliphatic rings. The Bertz CT molecular complexity index is 453. The van der Waals surface area contributed by atoms with Crippen LogP contribution in [0.25, 0.3) is 10.9 Å². The third-order valence-electron chi connectivity index (χ3n) is 2.54. The molecule has 0 atom stereocenters. The average Bonchev–Trinajstić information content (AvgIpc) is 2.27. The van der Waals surface area contributed by atoms with Crippen molar-refractivity contribution in [2.24, 2.45) is 0 Å². The Balaban J connectivity index is 0.000000531. The fourth-order valence-corrected chi connectivity index (χ4v) is 1.54. The monoisotopic (exact) mass is 201 g/mol. The lowest BCUT2D eigenvalue weighted by Crippen LogP contribution is -1.87. The number of aromatic nitrogens is 1. The van der Waals surface area contributed by atoms with Crippen LogP contribution in [0.1, 0.15) is 30.5 Å². The van der Waals surface area contributed by atoms with Crippen LogP contribution in [0.3, 0.4) is 0 Å². The summed E-state index contributed by atoms with van der Waals surface area (Å²) in [5.41, 5.74) is 4.99. The first kappa shape index (κ1) is 11.7. The summed E-state index contributed by atoms with van der Waals surface area (Å²) in [6, 6.07) is 6.38. The predicted molar refractivity (Wildman–Crippen MR) is 67.3 cm³/mol. The summed E-state index contributed by atoms with van der Waals surface area (Å²) in [5, 5.41) is 1.28. The molecule has 2 aromatic rings. The molecule has 0 unspecified atom stereocenters. The summed E-state index contributed by atoms with van der Waals surface area (Å²) < 4.78 is 0. The van der Waals surface area contributed by atoms with Gasteiger partial charge in [-0.05, 0) is 44.0 Å². The standard InChI is InChI=1S/C12H13N.C2H6/c1-8-4-5-12-11(6-8)10(3)9(2)7-13-12;1-2/h4-7H,1-3H3;1-2H3. The molecule has 1 heterocycles. The molecule has 1 heteroatoms. The van der Waals surface area contributed by atoms with E-state index in [-0.39, 0.29) is 0 Å². The molecule has 0 amide bonds. The zero-order valence-corrected chi connectivity index (χ0v) is 10.3. The molecule has 0 N–H and O–H groups in total. The fourth-order valence-electron chi connectivity index (χ4n) is 1.54. The molecule has 15 heavy (non-hydrogen) atoms.